The molecule has 170 valence electrons. The standard InChI is InChI=1S/C23H29N5O3S/c1-5-6-7-8-20-25-26-23(32-20)24-22(30)17-9-11-18(12-10-17)28-16(3)19(15(2)27-28)13-14-21(29)31-4/h9-12H,5-8,13-14H2,1-4H3,(H,24,26,30). The van der Waals surface area contributed by atoms with Gasteiger partial charge in [-0.05, 0) is 56.5 Å². The maximum Gasteiger partial charge on any atom is 0.305 e. The summed E-state index contributed by atoms with van der Waals surface area (Å²) in [4.78, 5) is 24.1. The highest BCUT2D eigenvalue weighted by Crippen LogP contribution is 2.21. The van der Waals surface area contributed by atoms with Crippen LogP contribution in [0.25, 0.3) is 5.69 Å². The first-order chi connectivity index (χ1) is 15.4. The summed E-state index contributed by atoms with van der Waals surface area (Å²) in [5.41, 5.74) is 4.25. The van der Waals surface area contributed by atoms with Gasteiger partial charge in [-0.3, -0.25) is 14.9 Å². The number of carbonyl (C=O) groups excluding carboxylic acids is 2. The maximum atomic E-state index is 12.6. The highest BCUT2D eigenvalue weighted by molar-refractivity contribution is 7.15. The first-order valence-electron chi connectivity index (χ1n) is 10.8. The van der Waals surface area contributed by atoms with Crippen molar-refractivity contribution in [2.45, 2.75) is 59.3 Å². The van der Waals surface area contributed by atoms with Crippen molar-refractivity contribution < 1.29 is 14.3 Å². The zero-order valence-corrected chi connectivity index (χ0v) is 19.8. The Bertz CT molecular complexity index is 1070. The second-order valence-corrected chi connectivity index (χ2v) is 8.66. The first-order valence-corrected chi connectivity index (χ1v) is 11.6. The Morgan fingerprint density at radius 2 is 1.84 bits per heavy atom. The number of hydrogen-bond acceptors (Lipinski definition) is 7. The Morgan fingerprint density at radius 1 is 1.09 bits per heavy atom. The highest BCUT2D eigenvalue weighted by Gasteiger charge is 2.15. The van der Waals surface area contributed by atoms with Gasteiger partial charge in [-0.2, -0.15) is 5.10 Å². The minimum absolute atomic E-state index is 0.222. The van der Waals surface area contributed by atoms with E-state index in [-0.39, 0.29) is 11.9 Å². The molecule has 9 heteroatoms. The molecule has 2 heterocycles. The summed E-state index contributed by atoms with van der Waals surface area (Å²) >= 11 is 1.42. The van der Waals surface area contributed by atoms with Crippen LogP contribution in [0.5, 0.6) is 0 Å². The molecule has 8 nitrogen and oxygen atoms in total. The molecule has 0 aliphatic heterocycles. The van der Waals surface area contributed by atoms with Crippen molar-refractivity contribution >= 4 is 28.3 Å². The fourth-order valence-electron chi connectivity index (χ4n) is 3.47. The average Bonchev–Trinajstić information content (AvgIpc) is 3.35. The van der Waals surface area contributed by atoms with Gasteiger partial charge in [-0.1, -0.05) is 31.1 Å². The number of rotatable bonds is 10. The number of ether oxygens (including phenoxy) is 1. The van der Waals surface area contributed by atoms with E-state index in [2.05, 4.69) is 27.5 Å². The van der Waals surface area contributed by atoms with Gasteiger partial charge in [0.2, 0.25) is 5.13 Å². The van der Waals surface area contributed by atoms with Crippen LogP contribution in [0.3, 0.4) is 0 Å². The lowest BCUT2D eigenvalue weighted by Crippen LogP contribution is -2.12. The lowest BCUT2D eigenvalue weighted by Gasteiger charge is -2.07. The Balaban J connectivity index is 1.66. The molecule has 2 aromatic heterocycles. The minimum Gasteiger partial charge on any atom is -0.469 e. The molecule has 32 heavy (non-hydrogen) atoms. The number of nitrogens with one attached hydrogen (secondary N) is 1. The number of nitrogens with zero attached hydrogens (tertiary/aromatic N) is 4. The van der Waals surface area contributed by atoms with Crippen LogP contribution < -0.4 is 5.32 Å². The largest absolute Gasteiger partial charge is 0.469 e. The van der Waals surface area contributed by atoms with E-state index in [4.69, 9.17) is 4.74 Å². The van der Waals surface area contributed by atoms with Crippen molar-refractivity contribution in [1.29, 1.82) is 0 Å². The Labute approximate surface area is 192 Å². The van der Waals surface area contributed by atoms with Gasteiger partial charge in [-0.25, -0.2) is 4.68 Å². The molecule has 0 atom stereocenters. The number of hydrogen-bond donors (Lipinski definition) is 1. The van der Waals surface area contributed by atoms with Crippen LogP contribution >= 0.6 is 11.3 Å². The van der Waals surface area contributed by atoms with Crippen LogP contribution in [0.2, 0.25) is 0 Å². The van der Waals surface area contributed by atoms with Gasteiger partial charge in [-0.15, -0.1) is 10.2 Å². The number of amides is 1. The number of aryl methyl sites for hydroxylation is 2. The molecule has 3 aromatic rings. The molecule has 0 saturated heterocycles. The van der Waals surface area contributed by atoms with E-state index < -0.39 is 0 Å². The summed E-state index contributed by atoms with van der Waals surface area (Å²) in [5.74, 6) is -0.463. The molecule has 0 radical (unpaired) electrons. The van der Waals surface area contributed by atoms with Crippen molar-refractivity contribution in [3.05, 3.63) is 51.8 Å². The second kappa shape index (κ2) is 11.0. The van der Waals surface area contributed by atoms with Crippen molar-refractivity contribution in [1.82, 2.24) is 20.0 Å². The van der Waals surface area contributed by atoms with Gasteiger partial charge < -0.3 is 4.74 Å². The predicted molar refractivity (Wildman–Crippen MR) is 124 cm³/mol. The topological polar surface area (TPSA) is 99.0 Å². The quantitative estimate of drug-likeness (QED) is 0.359. The predicted octanol–water partition coefficient (Wildman–Crippen LogP) is 4.43. The summed E-state index contributed by atoms with van der Waals surface area (Å²) in [5, 5.41) is 17.1. The van der Waals surface area contributed by atoms with Gasteiger partial charge in [0.1, 0.15) is 5.01 Å². The van der Waals surface area contributed by atoms with Gasteiger partial charge in [0.05, 0.1) is 18.5 Å². The molecule has 0 fully saturated rings. The van der Waals surface area contributed by atoms with Gasteiger partial charge in [0, 0.05) is 24.1 Å². The maximum absolute atomic E-state index is 12.6. The lowest BCUT2D eigenvalue weighted by molar-refractivity contribution is -0.140. The van der Waals surface area contributed by atoms with Crippen LogP contribution in [0.15, 0.2) is 24.3 Å². The van der Waals surface area contributed by atoms with Gasteiger partial charge in [0.25, 0.3) is 5.91 Å². The van der Waals surface area contributed by atoms with Crippen molar-refractivity contribution in [3.8, 4) is 5.69 Å². The second-order valence-electron chi connectivity index (χ2n) is 7.60. The van der Waals surface area contributed by atoms with E-state index in [1.54, 1.807) is 12.1 Å². The summed E-state index contributed by atoms with van der Waals surface area (Å²) in [6, 6.07) is 7.24. The molecule has 0 spiro atoms. The zero-order chi connectivity index (χ0) is 23.1. The third kappa shape index (κ3) is 5.79. The fourth-order valence-corrected chi connectivity index (χ4v) is 4.25. The van der Waals surface area contributed by atoms with Crippen LogP contribution in [0.4, 0.5) is 5.13 Å². The van der Waals surface area contributed by atoms with Crippen molar-refractivity contribution in [3.63, 3.8) is 0 Å². The number of carbonyl (C=O) groups is 2. The molecule has 1 aromatic carbocycles. The lowest BCUT2D eigenvalue weighted by atomic mass is 10.1. The number of esters is 1. The van der Waals surface area contributed by atoms with Crippen LogP contribution in [0, 0.1) is 13.8 Å². The molecule has 0 aliphatic rings. The van der Waals surface area contributed by atoms with E-state index in [1.807, 2.05) is 30.7 Å². The summed E-state index contributed by atoms with van der Waals surface area (Å²) in [7, 11) is 1.39. The Hall–Kier alpha value is -3.07. The van der Waals surface area contributed by atoms with E-state index in [9.17, 15) is 9.59 Å². The van der Waals surface area contributed by atoms with Crippen molar-refractivity contribution in [2.75, 3.05) is 12.4 Å². The molecular formula is C23H29N5O3S. The molecule has 3 rings (SSSR count). The monoisotopic (exact) mass is 455 g/mol. The summed E-state index contributed by atoms with van der Waals surface area (Å²) in [6.07, 6.45) is 5.18. The fraction of sp³-hybridized carbons (Fsp3) is 0.435. The number of anilines is 1. The SMILES string of the molecule is CCCCCc1nnc(NC(=O)c2ccc(-n3nc(C)c(CCC(=O)OC)c3C)cc2)s1. The molecule has 0 saturated carbocycles. The minimum atomic E-state index is -0.240. The number of benzene rings is 1. The summed E-state index contributed by atoms with van der Waals surface area (Å²) < 4.78 is 6.56. The smallest absolute Gasteiger partial charge is 0.305 e. The molecular weight excluding hydrogens is 426 g/mol. The Morgan fingerprint density at radius 3 is 2.53 bits per heavy atom. The average molecular weight is 456 g/mol. The molecule has 0 unspecified atom stereocenters. The molecule has 0 bridgehead atoms. The van der Waals surface area contributed by atoms with Crippen molar-refractivity contribution in [2.24, 2.45) is 0 Å². The van der Waals surface area contributed by atoms with E-state index in [0.29, 0.717) is 23.5 Å². The molecule has 1 N–H and O–H groups in total. The number of aromatic nitrogens is 4. The summed E-state index contributed by atoms with van der Waals surface area (Å²) in [6.45, 7) is 6.06. The normalized spacial score (nSPS) is 10.9. The third-order valence-corrected chi connectivity index (χ3v) is 6.20. The van der Waals surface area contributed by atoms with Gasteiger partial charge in [0.15, 0.2) is 0 Å². The van der Waals surface area contributed by atoms with Crippen LogP contribution in [0.1, 0.15) is 64.9 Å². The number of methoxy groups -OCH3 is 1. The molecule has 1 amide bonds. The van der Waals surface area contributed by atoms with Crippen LogP contribution in [-0.4, -0.2) is 39.0 Å². The molecule has 0 aliphatic carbocycles. The number of unbranched alkanes of at least 4 members (excludes halogenated alkanes) is 2. The van der Waals surface area contributed by atoms with E-state index in [0.717, 1.165) is 53.3 Å². The Kier molecular flexibility index (Phi) is 8.10. The zero-order valence-electron chi connectivity index (χ0n) is 19.0. The van der Waals surface area contributed by atoms with Gasteiger partial charge >= 0.3 is 5.97 Å². The first kappa shape index (κ1) is 23.6. The van der Waals surface area contributed by atoms with E-state index >= 15 is 0 Å². The van der Waals surface area contributed by atoms with Crippen LogP contribution in [-0.2, 0) is 22.4 Å². The highest BCUT2D eigenvalue weighted by atomic mass is 32.1. The third-order valence-electron chi connectivity index (χ3n) is 5.30. The van der Waals surface area contributed by atoms with E-state index in [1.165, 1.54) is 18.4 Å².